The standard InChI is InChI=1S/C25H25N3O5/c1-3-33-18-9-8-17-12-19(25(32)26-20(17)13-18)22-14-21(16-6-4-15(2)5-7-16)27-28(22)23(29)10-11-24(30)31/h4-9,12-13,22H,3,10-11,14H2,1-2H3,(H,26,32)(H,30,31). The molecular formula is C25H25N3O5. The van der Waals surface area contributed by atoms with E-state index in [0.29, 0.717) is 35.6 Å². The third-order valence-electron chi connectivity index (χ3n) is 5.62. The molecule has 1 aliphatic heterocycles. The predicted octanol–water partition coefficient (Wildman–Crippen LogP) is 3.78. The SMILES string of the molecule is CCOc1ccc2cc(C3CC(c4ccc(C)cc4)=NN3C(=O)CCC(=O)O)c(=O)[nH]c2c1. The van der Waals surface area contributed by atoms with Gasteiger partial charge in [0.2, 0.25) is 5.91 Å². The third-order valence-corrected chi connectivity index (χ3v) is 5.62. The van der Waals surface area contributed by atoms with Gasteiger partial charge in [-0.05, 0) is 43.0 Å². The summed E-state index contributed by atoms with van der Waals surface area (Å²) in [5, 5.41) is 15.6. The highest BCUT2D eigenvalue weighted by Crippen LogP contribution is 2.33. The molecule has 1 amide bonds. The first-order chi connectivity index (χ1) is 15.9. The molecule has 2 N–H and O–H groups in total. The molecular weight excluding hydrogens is 422 g/mol. The number of fused-ring (bicyclic) bond motifs is 1. The van der Waals surface area contributed by atoms with Gasteiger partial charge in [-0.2, -0.15) is 5.10 Å². The molecule has 1 unspecified atom stereocenters. The topological polar surface area (TPSA) is 112 Å². The number of hydrogen-bond acceptors (Lipinski definition) is 5. The second-order valence-electron chi connectivity index (χ2n) is 8.00. The van der Waals surface area contributed by atoms with Crippen LogP contribution in [0.3, 0.4) is 0 Å². The van der Waals surface area contributed by atoms with E-state index in [0.717, 1.165) is 16.5 Å². The average Bonchev–Trinajstić information content (AvgIpc) is 3.23. The number of carbonyl (C=O) groups is 2. The van der Waals surface area contributed by atoms with Crippen molar-refractivity contribution < 1.29 is 19.4 Å². The molecule has 170 valence electrons. The van der Waals surface area contributed by atoms with E-state index in [2.05, 4.69) is 10.1 Å². The number of H-pyrrole nitrogens is 1. The average molecular weight is 447 g/mol. The largest absolute Gasteiger partial charge is 0.494 e. The maximum absolute atomic E-state index is 13.0. The van der Waals surface area contributed by atoms with Crippen molar-refractivity contribution >= 4 is 28.5 Å². The first-order valence-electron chi connectivity index (χ1n) is 10.8. The fourth-order valence-electron chi connectivity index (χ4n) is 3.93. The van der Waals surface area contributed by atoms with Gasteiger partial charge >= 0.3 is 5.97 Å². The first-order valence-corrected chi connectivity index (χ1v) is 10.8. The number of carboxylic acids is 1. The summed E-state index contributed by atoms with van der Waals surface area (Å²) >= 11 is 0. The van der Waals surface area contributed by atoms with Crippen LogP contribution in [0.15, 0.2) is 58.4 Å². The van der Waals surface area contributed by atoms with E-state index in [4.69, 9.17) is 9.84 Å². The summed E-state index contributed by atoms with van der Waals surface area (Å²) in [6, 6.07) is 14.4. The van der Waals surface area contributed by atoms with Crippen LogP contribution in [0.4, 0.5) is 0 Å². The maximum Gasteiger partial charge on any atom is 0.303 e. The highest BCUT2D eigenvalue weighted by Gasteiger charge is 2.34. The summed E-state index contributed by atoms with van der Waals surface area (Å²) < 4.78 is 5.51. The van der Waals surface area contributed by atoms with Crippen molar-refractivity contribution in [3.05, 3.63) is 75.6 Å². The second-order valence-corrected chi connectivity index (χ2v) is 8.00. The number of carbonyl (C=O) groups excluding carboxylic acids is 1. The van der Waals surface area contributed by atoms with Crippen LogP contribution in [0.2, 0.25) is 0 Å². The molecule has 0 radical (unpaired) electrons. The number of nitrogens with zero attached hydrogens (tertiary/aromatic N) is 2. The number of benzene rings is 2. The van der Waals surface area contributed by atoms with Crippen molar-refractivity contribution in [2.24, 2.45) is 5.10 Å². The highest BCUT2D eigenvalue weighted by molar-refractivity contribution is 6.03. The molecule has 1 aromatic heterocycles. The van der Waals surface area contributed by atoms with Crippen LogP contribution in [0.5, 0.6) is 5.75 Å². The molecule has 0 saturated carbocycles. The Hall–Kier alpha value is -3.94. The van der Waals surface area contributed by atoms with Gasteiger partial charge in [0.25, 0.3) is 5.56 Å². The number of ether oxygens (including phenoxy) is 1. The predicted molar refractivity (Wildman–Crippen MR) is 125 cm³/mol. The number of amides is 1. The molecule has 4 rings (SSSR count). The lowest BCUT2D eigenvalue weighted by Crippen LogP contribution is -2.31. The van der Waals surface area contributed by atoms with Gasteiger partial charge in [0.15, 0.2) is 0 Å². The smallest absolute Gasteiger partial charge is 0.303 e. The molecule has 8 heteroatoms. The Labute approximate surface area is 190 Å². The summed E-state index contributed by atoms with van der Waals surface area (Å²) in [5.41, 5.74) is 3.35. The van der Waals surface area contributed by atoms with Crippen molar-refractivity contribution in [2.75, 3.05) is 6.61 Å². The molecule has 0 saturated heterocycles. The molecule has 3 aromatic rings. The van der Waals surface area contributed by atoms with Crippen molar-refractivity contribution in [1.29, 1.82) is 0 Å². The highest BCUT2D eigenvalue weighted by atomic mass is 16.5. The van der Waals surface area contributed by atoms with Gasteiger partial charge < -0.3 is 14.8 Å². The Kier molecular flexibility index (Phi) is 6.26. The number of rotatable bonds is 7. The van der Waals surface area contributed by atoms with Crippen LogP contribution >= 0.6 is 0 Å². The number of hydrogen-bond donors (Lipinski definition) is 2. The normalized spacial score (nSPS) is 15.5. The van der Waals surface area contributed by atoms with E-state index in [1.54, 1.807) is 12.1 Å². The summed E-state index contributed by atoms with van der Waals surface area (Å²) in [6.45, 7) is 4.39. The number of nitrogens with one attached hydrogen (secondary N) is 1. The molecule has 0 aliphatic carbocycles. The minimum Gasteiger partial charge on any atom is -0.494 e. The van der Waals surface area contributed by atoms with Gasteiger partial charge in [-0.3, -0.25) is 14.4 Å². The van der Waals surface area contributed by atoms with Crippen LogP contribution in [0.25, 0.3) is 10.9 Å². The van der Waals surface area contributed by atoms with Crippen LogP contribution < -0.4 is 10.3 Å². The van der Waals surface area contributed by atoms with Gasteiger partial charge in [0, 0.05) is 24.5 Å². The molecule has 33 heavy (non-hydrogen) atoms. The van der Waals surface area contributed by atoms with E-state index in [1.807, 2.05) is 50.2 Å². The van der Waals surface area contributed by atoms with Gasteiger partial charge in [0.05, 0.1) is 30.3 Å². The minimum atomic E-state index is -1.06. The third kappa shape index (κ3) is 4.79. The van der Waals surface area contributed by atoms with Gasteiger partial charge in [-0.25, -0.2) is 5.01 Å². The lowest BCUT2D eigenvalue weighted by atomic mass is 9.97. The van der Waals surface area contributed by atoms with E-state index in [1.165, 1.54) is 5.01 Å². The minimum absolute atomic E-state index is 0.195. The summed E-state index contributed by atoms with van der Waals surface area (Å²) in [5.74, 6) is -0.837. The lowest BCUT2D eigenvalue weighted by molar-refractivity contribution is -0.141. The maximum atomic E-state index is 13.0. The van der Waals surface area contributed by atoms with E-state index in [9.17, 15) is 14.4 Å². The zero-order chi connectivity index (χ0) is 23.5. The monoisotopic (exact) mass is 447 g/mol. The van der Waals surface area contributed by atoms with Crippen LogP contribution in [-0.4, -0.2) is 39.3 Å². The Morgan fingerprint density at radius 2 is 1.91 bits per heavy atom. The second kappa shape index (κ2) is 9.28. The lowest BCUT2D eigenvalue weighted by Gasteiger charge is -2.21. The molecule has 2 aromatic carbocycles. The Morgan fingerprint density at radius 3 is 2.61 bits per heavy atom. The molecule has 1 aliphatic rings. The van der Waals surface area contributed by atoms with Crippen molar-refractivity contribution in [2.45, 2.75) is 39.2 Å². The number of hydrazone groups is 1. The molecule has 0 bridgehead atoms. The summed E-state index contributed by atoms with van der Waals surface area (Å²) in [6.07, 6.45) is -0.140. The van der Waals surface area contributed by atoms with Crippen molar-refractivity contribution in [3.63, 3.8) is 0 Å². The molecule has 0 spiro atoms. The molecule has 0 fully saturated rings. The van der Waals surface area contributed by atoms with Crippen molar-refractivity contribution in [1.82, 2.24) is 9.99 Å². The number of aryl methyl sites for hydroxylation is 1. The quantitative estimate of drug-likeness (QED) is 0.572. The van der Waals surface area contributed by atoms with E-state index < -0.39 is 17.9 Å². The Bertz CT molecular complexity index is 1290. The molecule has 1 atom stereocenters. The number of aromatic amines is 1. The van der Waals surface area contributed by atoms with E-state index >= 15 is 0 Å². The molecule has 8 nitrogen and oxygen atoms in total. The summed E-state index contributed by atoms with van der Waals surface area (Å²) in [7, 11) is 0. The van der Waals surface area contributed by atoms with Crippen LogP contribution in [0, 0.1) is 6.92 Å². The first kappa shape index (κ1) is 22.3. The number of carboxylic acid groups (broad SMARTS) is 1. The molecule has 2 heterocycles. The Balaban J connectivity index is 1.72. The van der Waals surface area contributed by atoms with Crippen molar-refractivity contribution in [3.8, 4) is 5.75 Å². The summed E-state index contributed by atoms with van der Waals surface area (Å²) in [4.78, 5) is 39.8. The van der Waals surface area contributed by atoms with E-state index in [-0.39, 0.29) is 18.4 Å². The fraction of sp³-hybridized carbons (Fsp3) is 0.280. The zero-order valence-electron chi connectivity index (χ0n) is 18.5. The van der Waals surface area contributed by atoms with Crippen LogP contribution in [-0.2, 0) is 9.59 Å². The zero-order valence-corrected chi connectivity index (χ0v) is 18.5. The van der Waals surface area contributed by atoms with Crippen LogP contribution in [0.1, 0.15) is 48.9 Å². The van der Waals surface area contributed by atoms with Gasteiger partial charge in [0.1, 0.15) is 5.75 Å². The van der Waals surface area contributed by atoms with Gasteiger partial charge in [-0.15, -0.1) is 0 Å². The Morgan fingerprint density at radius 1 is 1.15 bits per heavy atom. The van der Waals surface area contributed by atoms with Gasteiger partial charge in [-0.1, -0.05) is 29.8 Å². The number of aliphatic carboxylic acids is 1. The number of pyridine rings is 1. The fourth-order valence-corrected chi connectivity index (χ4v) is 3.93. The number of aromatic nitrogens is 1.